The molecule has 0 fully saturated rings. The summed E-state index contributed by atoms with van der Waals surface area (Å²) >= 11 is 5.19. The van der Waals surface area contributed by atoms with Gasteiger partial charge in [0, 0.05) is 9.17 Å². The molecule has 0 spiro atoms. The van der Waals surface area contributed by atoms with Gasteiger partial charge in [0.15, 0.2) is 11.6 Å². The molecule has 1 aromatic heterocycles. The predicted octanol–water partition coefficient (Wildman–Crippen LogP) is 4.86. The quantitative estimate of drug-likeness (QED) is 0.719. The van der Waals surface area contributed by atoms with Crippen molar-refractivity contribution in [1.82, 2.24) is 0 Å². The van der Waals surface area contributed by atoms with Crippen molar-refractivity contribution in [2.24, 2.45) is 5.73 Å². The summed E-state index contributed by atoms with van der Waals surface area (Å²) in [6, 6.07) is 10.5. The molecule has 5 heteroatoms. The van der Waals surface area contributed by atoms with Gasteiger partial charge in [-0.25, -0.2) is 4.39 Å². The second-order valence-electron chi connectivity index (χ2n) is 4.68. The second-order valence-corrected chi connectivity index (χ2v) is 6.41. The first-order valence-corrected chi connectivity index (χ1v) is 8.03. The highest BCUT2D eigenvalue weighted by Crippen LogP contribution is 2.37. The summed E-state index contributed by atoms with van der Waals surface area (Å²) < 4.78 is 20.8. The van der Waals surface area contributed by atoms with Gasteiger partial charge in [-0.3, -0.25) is 0 Å². The van der Waals surface area contributed by atoms with Crippen LogP contribution in [0.4, 0.5) is 4.39 Å². The Bertz CT molecular complexity index is 802. The van der Waals surface area contributed by atoms with Crippen molar-refractivity contribution in [2.45, 2.75) is 6.04 Å². The van der Waals surface area contributed by atoms with Crippen molar-refractivity contribution in [3.8, 4) is 5.75 Å². The van der Waals surface area contributed by atoms with Crippen LogP contribution in [0, 0.1) is 5.82 Å². The van der Waals surface area contributed by atoms with Crippen LogP contribution in [-0.2, 0) is 0 Å². The van der Waals surface area contributed by atoms with Crippen LogP contribution in [0.25, 0.3) is 10.1 Å². The van der Waals surface area contributed by atoms with Gasteiger partial charge in [0.05, 0.1) is 13.2 Å². The third-order valence-corrected chi connectivity index (χ3v) is 5.42. The summed E-state index contributed by atoms with van der Waals surface area (Å²) in [5.74, 6) is -0.171. The Morgan fingerprint density at radius 1 is 1.29 bits per heavy atom. The number of hydrogen-bond donors (Lipinski definition) is 1. The molecule has 3 aromatic rings. The SMILES string of the molecule is COc1cc(C(N)c2csc3c(Br)cccc23)ccc1F. The Balaban J connectivity index is 2.08. The molecule has 21 heavy (non-hydrogen) atoms. The van der Waals surface area contributed by atoms with Crippen molar-refractivity contribution < 1.29 is 9.13 Å². The maximum atomic E-state index is 13.5. The van der Waals surface area contributed by atoms with E-state index in [1.54, 1.807) is 23.5 Å². The molecule has 108 valence electrons. The molecule has 3 rings (SSSR count). The van der Waals surface area contributed by atoms with Crippen LogP contribution in [0.2, 0.25) is 0 Å². The van der Waals surface area contributed by atoms with Gasteiger partial charge in [-0.15, -0.1) is 11.3 Å². The van der Waals surface area contributed by atoms with Crippen LogP contribution in [-0.4, -0.2) is 7.11 Å². The lowest BCUT2D eigenvalue weighted by molar-refractivity contribution is 0.385. The van der Waals surface area contributed by atoms with Gasteiger partial charge in [0.2, 0.25) is 0 Å². The lowest BCUT2D eigenvalue weighted by atomic mass is 9.99. The summed E-state index contributed by atoms with van der Waals surface area (Å²) in [6.45, 7) is 0. The van der Waals surface area contributed by atoms with Gasteiger partial charge in [0.25, 0.3) is 0 Å². The van der Waals surface area contributed by atoms with Crippen molar-refractivity contribution in [2.75, 3.05) is 7.11 Å². The molecular weight excluding hydrogens is 353 g/mol. The summed E-state index contributed by atoms with van der Waals surface area (Å²) in [6.07, 6.45) is 0. The monoisotopic (exact) mass is 365 g/mol. The molecule has 0 saturated heterocycles. The summed E-state index contributed by atoms with van der Waals surface area (Å²) in [5.41, 5.74) is 8.22. The van der Waals surface area contributed by atoms with E-state index >= 15 is 0 Å². The van der Waals surface area contributed by atoms with Crippen LogP contribution in [0.5, 0.6) is 5.75 Å². The number of halogens is 2. The van der Waals surface area contributed by atoms with E-state index in [2.05, 4.69) is 21.3 Å². The first kappa shape index (κ1) is 14.5. The fraction of sp³-hybridized carbons (Fsp3) is 0.125. The first-order valence-electron chi connectivity index (χ1n) is 6.36. The third-order valence-electron chi connectivity index (χ3n) is 3.45. The number of fused-ring (bicyclic) bond motifs is 1. The van der Waals surface area contributed by atoms with Crippen molar-refractivity contribution >= 4 is 37.4 Å². The van der Waals surface area contributed by atoms with Crippen LogP contribution < -0.4 is 10.5 Å². The predicted molar refractivity (Wildman–Crippen MR) is 88.5 cm³/mol. The lowest BCUT2D eigenvalue weighted by Crippen LogP contribution is -2.11. The number of thiophene rings is 1. The van der Waals surface area contributed by atoms with E-state index in [0.717, 1.165) is 25.7 Å². The van der Waals surface area contributed by atoms with Gasteiger partial charge in [-0.1, -0.05) is 18.2 Å². The minimum atomic E-state index is -0.383. The summed E-state index contributed by atoms with van der Waals surface area (Å²) in [4.78, 5) is 0. The zero-order valence-corrected chi connectivity index (χ0v) is 13.7. The molecule has 1 atom stereocenters. The van der Waals surface area contributed by atoms with E-state index in [1.807, 2.05) is 18.2 Å². The van der Waals surface area contributed by atoms with Crippen molar-refractivity contribution in [1.29, 1.82) is 0 Å². The summed E-state index contributed by atoms with van der Waals surface area (Å²) in [7, 11) is 1.45. The van der Waals surface area contributed by atoms with E-state index in [0.29, 0.717) is 0 Å². The number of methoxy groups -OCH3 is 1. The third kappa shape index (κ3) is 2.57. The Morgan fingerprint density at radius 2 is 2.10 bits per heavy atom. The second kappa shape index (κ2) is 5.75. The Hall–Kier alpha value is -1.43. The van der Waals surface area contributed by atoms with Crippen molar-refractivity contribution in [3.63, 3.8) is 0 Å². The van der Waals surface area contributed by atoms with E-state index in [9.17, 15) is 4.39 Å². The highest BCUT2D eigenvalue weighted by Gasteiger charge is 2.16. The maximum absolute atomic E-state index is 13.5. The topological polar surface area (TPSA) is 35.2 Å². The van der Waals surface area contributed by atoms with Gasteiger partial charge < -0.3 is 10.5 Å². The van der Waals surface area contributed by atoms with E-state index in [-0.39, 0.29) is 17.6 Å². The highest BCUT2D eigenvalue weighted by molar-refractivity contribution is 9.10. The minimum absolute atomic E-state index is 0.212. The van der Waals surface area contributed by atoms with Gasteiger partial charge in [0.1, 0.15) is 0 Å². The summed E-state index contributed by atoms with van der Waals surface area (Å²) in [5, 5.41) is 3.17. The number of ether oxygens (including phenoxy) is 1. The Morgan fingerprint density at radius 3 is 2.86 bits per heavy atom. The molecule has 2 aromatic carbocycles. The zero-order valence-electron chi connectivity index (χ0n) is 11.3. The molecule has 0 aliphatic heterocycles. The molecule has 0 radical (unpaired) electrons. The average molecular weight is 366 g/mol. The largest absolute Gasteiger partial charge is 0.494 e. The fourth-order valence-corrected chi connectivity index (χ4v) is 3.99. The number of hydrogen-bond acceptors (Lipinski definition) is 3. The average Bonchev–Trinajstić information content (AvgIpc) is 2.92. The van der Waals surface area contributed by atoms with Crippen molar-refractivity contribution in [3.05, 3.63) is 63.2 Å². The highest BCUT2D eigenvalue weighted by atomic mass is 79.9. The molecule has 0 aliphatic carbocycles. The molecular formula is C16H13BrFNOS. The van der Waals surface area contributed by atoms with Crippen LogP contribution in [0.1, 0.15) is 17.2 Å². The maximum Gasteiger partial charge on any atom is 0.165 e. The molecule has 0 bridgehead atoms. The minimum Gasteiger partial charge on any atom is -0.494 e. The standard InChI is InChI=1S/C16H13BrFNOS/c1-20-14-7-9(5-6-13(14)18)15(19)11-8-21-16-10(11)3-2-4-12(16)17/h2-8,15H,19H2,1H3. The van der Waals surface area contributed by atoms with Crippen LogP contribution in [0.3, 0.4) is 0 Å². The van der Waals surface area contributed by atoms with Gasteiger partial charge in [-0.2, -0.15) is 0 Å². The van der Waals surface area contributed by atoms with E-state index in [4.69, 9.17) is 10.5 Å². The van der Waals surface area contributed by atoms with Crippen LogP contribution >= 0.6 is 27.3 Å². The smallest absolute Gasteiger partial charge is 0.165 e. The zero-order chi connectivity index (χ0) is 15.0. The molecule has 0 aliphatic rings. The van der Waals surface area contributed by atoms with Gasteiger partial charge >= 0.3 is 0 Å². The molecule has 2 N–H and O–H groups in total. The molecule has 2 nitrogen and oxygen atoms in total. The number of benzene rings is 2. The molecule has 0 saturated carbocycles. The van der Waals surface area contributed by atoms with Gasteiger partial charge in [-0.05, 0) is 56.0 Å². The Kier molecular flexibility index (Phi) is 3.97. The van der Waals surface area contributed by atoms with E-state index < -0.39 is 0 Å². The molecule has 1 unspecified atom stereocenters. The molecule has 0 amide bonds. The fourth-order valence-electron chi connectivity index (χ4n) is 2.33. The van der Waals surface area contributed by atoms with Crippen LogP contribution in [0.15, 0.2) is 46.3 Å². The van der Waals surface area contributed by atoms with E-state index in [1.165, 1.54) is 13.2 Å². The first-order chi connectivity index (χ1) is 10.1. The number of nitrogens with two attached hydrogens (primary N) is 1. The normalized spacial score (nSPS) is 12.6. The molecule has 1 heterocycles. The Labute approximate surface area is 134 Å². The lowest BCUT2D eigenvalue weighted by Gasteiger charge is -2.13. The number of rotatable bonds is 3.